The second kappa shape index (κ2) is 11.2. The Bertz CT molecular complexity index is 1160. The summed E-state index contributed by atoms with van der Waals surface area (Å²) in [6.45, 7) is 3.34. The van der Waals surface area contributed by atoms with Crippen molar-refractivity contribution in [3.05, 3.63) is 64.6 Å². The van der Waals surface area contributed by atoms with Crippen molar-refractivity contribution in [2.24, 2.45) is 0 Å². The van der Waals surface area contributed by atoms with Crippen LogP contribution in [0.1, 0.15) is 35.7 Å². The zero-order valence-electron chi connectivity index (χ0n) is 19.4. The molecular formula is C26H26N2O6S. The molecule has 3 amide bonds. The summed E-state index contributed by atoms with van der Waals surface area (Å²) in [5.41, 5.74) is 1.07. The van der Waals surface area contributed by atoms with E-state index >= 15 is 0 Å². The number of carbonyl (C=O) groups excluding carboxylic acids is 4. The molecule has 0 unspecified atom stereocenters. The van der Waals surface area contributed by atoms with Crippen LogP contribution >= 0.6 is 11.8 Å². The van der Waals surface area contributed by atoms with Gasteiger partial charge in [0.2, 0.25) is 0 Å². The number of hydrogen-bond acceptors (Lipinski definition) is 7. The van der Waals surface area contributed by atoms with E-state index in [0.29, 0.717) is 29.2 Å². The highest BCUT2D eigenvalue weighted by molar-refractivity contribution is 8.18. The molecule has 4 rings (SSSR count). The number of rotatable bonds is 9. The Labute approximate surface area is 207 Å². The average molecular weight is 495 g/mol. The van der Waals surface area contributed by atoms with Gasteiger partial charge in [0, 0.05) is 18.7 Å². The first-order valence-corrected chi connectivity index (χ1v) is 12.3. The minimum atomic E-state index is -0.515. The predicted molar refractivity (Wildman–Crippen MR) is 132 cm³/mol. The molecule has 9 heteroatoms. The minimum absolute atomic E-state index is 0.0623. The number of nitrogens with zero attached hydrogens (tertiary/aromatic N) is 2. The highest BCUT2D eigenvalue weighted by atomic mass is 32.2. The first-order chi connectivity index (χ1) is 17.0. The summed E-state index contributed by atoms with van der Waals surface area (Å²) in [6, 6.07) is 13.6. The number of amides is 3. The van der Waals surface area contributed by atoms with Gasteiger partial charge in [-0.15, -0.1) is 0 Å². The van der Waals surface area contributed by atoms with Crippen LogP contribution in [-0.2, 0) is 9.59 Å². The number of hydrogen-bond donors (Lipinski definition) is 0. The largest absolute Gasteiger partial charge is 0.490 e. The van der Waals surface area contributed by atoms with Crippen molar-refractivity contribution in [3.63, 3.8) is 0 Å². The average Bonchev–Trinajstić information content (AvgIpc) is 3.49. The van der Waals surface area contributed by atoms with E-state index in [4.69, 9.17) is 9.47 Å². The third-order valence-corrected chi connectivity index (χ3v) is 6.55. The number of likely N-dealkylation sites (tertiary alicyclic amines) is 1. The van der Waals surface area contributed by atoms with Gasteiger partial charge in [0.15, 0.2) is 23.9 Å². The van der Waals surface area contributed by atoms with Crippen LogP contribution < -0.4 is 9.47 Å². The van der Waals surface area contributed by atoms with Gasteiger partial charge < -0.3 is 14.4 Å². The van der Waals surface area contributed by atoms with E-state index in [1.165, 1.54) is 0 Å². The van der Waals surface area contributed by atoms with Crippen molar-refractivity contribution in [2.75, 3.05) is 32.8 Å². The topological polar surface area (TPSA) is 93.2 Å². The molecule has 0 radical (unpaired) electrons. The van der Waals surface area contributed by atoms with Crippen LogP contribution in [0.3, 0.4) is 0 Å². The van der Waals surface area contributed by atoms with E-state index in [0.717, 1.165) is 42.6 Å². The summed E-state index contributed by atoms with van der Waals surface area (Å²) in [7, 11) is 0. The summed E-state index contributed by atoms with van der Waals surface area (Å²) in [4.78, 5) is 53.0. The molecular weight excluding hydrogens is 468 g/mol. The number of benzene rings is 2. The summed E-state index contributed by atoms with van der Waals surface area (Å²) in [5.74, 6) is -0.0173. The van der Waals surface area contributed by atoms with Crippen molar-refractivity contribution in [3.8, 4) is 11.5 Å². The molecule has 2 aliphatic heterocycles. The molecule has 0 saturated carbocycles. The number of imide groups is 1. The molecule has 2 fully saturated rings. The Kier molecular flexibility index (Phi) is 7.87. The first kappa shape index (κ1) is 24.5. The normalized spacial score (nSPS) is 16.8. The van der Waals surface area contributed by atoms with Gasteiger partial charge in [-0.3, -0.25) is 24.1 Å². The first-order valence-electron chi connectivity index (χ1n) is 11.5. The summed E-state index contributed by atoms with van der Waals surface area (Å²) >= 11 is 0.790. The second-order valence-corrected chi connectivity index (χ2v) is 9.07. The van der Waals surface area contributed by atoms with Crippen LogP contribution in [0.5, 0.6) is 11.5 Å². The fourth-order valence-electron chi connectivity index (χ4n) is 3.85. The molecule has 0 N–H and O–H groups in total. The zero-order valence-corrected chi connectivity index (χ0v) is 20.2. The van der Waals surface area contributed by atoms with E-state index in [1.54, 1.807) is 59.5 Å². The lowest BCUT2D eigenvalue weighted by molar-refractivity contribution is -0.132. The molecule has 2 saturated heterocycles. The number of Topliss-reactive ketones (excluding diaryl/α,β-unsaturated/α-hetero) is 1. The molecule has 35 heavy (non-hydrogen) atoms. The van der Waals surface area contributed by atoms with Gasteiger partial charge >= 0.3 is 0 Å². The van der Waals surface area contributed by atoms with Crippen molar-refractivity contribution in [1.82, 2.24) is 9.80 Å². The molecule has 0 aliphatic carbocycles. The van der Waals surface area contributed by atoms with Crippen LogP contribution in [0.15, 0.2) is 53.4 Å². The number of ketones is 1. The van der Waals surface area contributed by atoms with Crippen molar-refractivity contribution >= 4 is 40.7 Å². The molecule has 182 valence electrons. The Morgan fingerprint density at radius 3 is 2.46 bits per heavy atom. The standard InChI is InChI=1S/C26H26N2O6S/c1-2-33-22-14-18(10-11-21(22)34-17-24(30)27-12-6-7-13-27)15-23-25(31)28(26(32)35-23)16-20(29)19-8-4-3-5-9-19/h3-5,8-11,14-15H,2,6-7,12-13,16-17H2,1H3/b23-15-. The van der Waals surface area contributed by atoms with Crippen LogP contribution in [0, 0.1) is 0 Å². The van der Waals surface area contributed by atoms with Gasteiger partial charge in [0.05, 0.1) is 18.1 Å². The molecule has 2 aliphatic rings. The van der Waals surface area contributed by atoms with Crippen molar-refractivity contribution < 1.29 is 28.7 Å². The highest BCUT2D eigenvalue weighted by Crippen LogP contribution is 2.35. The lowest BCUT2D eigenvalue weighted by Crippen LogP contribution is -2.33. The van der Waals surface area contributed by atoms with Crippen molar-refractivity contribution in [1.29, 1.82) is 0 Å². The van der Waals surface area contributed by atoms with Gasteiger partial charge in [0.25, 0.3) is 17.1 Å². The van der Waals surface area contributed by atoms with E-state index in [9.17, 15) is 19.2 Å². The fourth-order valence-corrected chi connectivity index (χ4v) is 4.68. The zero-order chi connectivity index (χ0) is 24.8. The molecule has 0 bridgehead atoms. The number of carbonyl (C=O) groups is 4. The Morgan fingerprint density at radius 1 is 1.00 bits per heavy atom. The van der Waals surface area contributed by atoms with Gasteiger partial charge in [-0.1, -0.05) is 36.4 Å². The molecule has 8 nitrogen and oxygen atoms in total. The van der Waals surface area contributed by atoms with Gasteiger partial charge in [-0.25, -0.2) is 0 Å². The van der Waals surface area contributed by atoms with Crippen molar-refractivity contribution in [2.45, 2.75) is 19.8 Å². The maximum Gasteiger partial charge on any atom is 0.293 e. The third kappa shape index (κ3) is 5.92. The van der Waals surface area contributed by atoms with Crippen LogP contribution in [0.4, 0.5) is 4.79 Å². The SMILES string of the molecule is CCOc1cc(/C=C2\SC(=O)N(CC(=O)c3ccccc3)C2=O)ccc1OCC(=O)N1CCCC1. The van der Waals surface area contributed by atoms with Crippen LogP contribution in [0.2, 0.25) is 0 Å². The van der Waals surface area contributed by atoms with E-state index < -0.39 is 11.1 Å². The number of thioether (sulfide) groups is 1. The molecule has 2 aromatic rings. The van der Waals surface area contributed by atoms with E-state index in [-0.39, 0.29) is 29.7 Å². The maximum atomic E-state index is 12.8. The molecule has 0 spiro atoms. The Morgan fingerprint density at radius 2 is 1.74 bits per heavy atom. The molecule has 2 aromatic carbocycles. The monoisotopic (exact) mass is 494 g/mol. The maximum absolute atomic E-state index is 12.8. The highest BCUT2D eigenvalue weighted by Gasteiger charge is 2.36. The third-order valence-electron chi connectivity index (χ3n) is 5.65. The second-order valence-electron chi connectivity index (χ2n) is 8.07. The summed E-state index contributed by atoms with van der Waals surface area (Å²) in [5, 5.41) is -0.490. The quantitative estimate of drug-likeness (QED) is 0.384. The van der Waals surface area contributed by atoms with Crippen LogP contribution in [0.25, 0.3) is 6.08 Å². The molecule has 2 heterocycles. The minimum Gasteiger partial charge on any atom is -0.490 e. The predicted octanol–water partition coefficient (Wildman–Crippen LogP) is 4.01. The summed E-state index contributed by atoms with van der Waals surface area (Å²) < 4.78 is 11.4. The fraction of sp³-hybridized carbons (Fsp3) is 0.308. The van der Waals surface area contributed by atoms with Gasteiger partial charge in [-0.2, -0.15) is 0 Å². The lowest BCUT2D eigenvalue weighted by atomic mass is 10.1. The summed E-state index contributed by atoms with van der Waals surface area (Å²) in [6.07, 6.45) is 3.60. The van der Waals surface area contributed by atoms with Crippen LogP contribution in [-0.4, -0.2) is 65.5 Å². The molecule has 0 atom stereocenters. The molecule has 0 aromatic heterocycles. The Balaban J connectivity index is 1.45. The lowest BCUT2D eigenvalue weighted by Gasteiger charge is -2.17. The van der Waals surface area contributed by atoms with E-state index in [2.05, 4.69) is 0 Å². The number of ether oxygens (including phenoxy) is 2. The van der Waals surface area contributed by atoms with Gasteiger partial charge in [-0.05, 0) is 55.3 Å². The van der Waals surface area contributed by atoms with E-state index in [1.807, 2.05) is 6.92 Å². The smallest absolute Gasteiger partial charge is 0.293 e. The Hall–Kier alpha value is -3.59. The van der Waals surface area contributed by atoms with Gasteiger partial charge in [0.1, 0.15) is 0 Å².